The van der Waals surface area contributed by atoms with Crippen LogP contribution in [0.3, 0.4) is 0 Å². The number of nitriles is 1. The Morgan fingerprint density at radius 1 is 1.31 bits per heavy atom. The summed E-state index contributed by atoms with van der Waals surface area (Å²) in [5.41, 5.74) is 0.780. The first-order valence-electron chi connectivity index (χ1n) is 7.44. The molecule has 0 aliphatic carbocycles. The normalized spacial score (nSPS) is 9.96. The molecule has 1 N–H and O–H groups in total. The molecule has 0 aliphatic heterocycles. The maximum Gasteiger partial charge on any atom is 0.293 e. The van der Waals surface area contributed by atoms with E-state index in [1.165, 1.54) is 12.3 Å². The Balaban J connectivity index is 1.84. The molecule has 0 atom stereocenters. The topological polar surface area (TPSA) is 87.9 Å². The van der Waals surface area contributed by atoms with Crippen molar-refractivity contribution in [1.82, 2.24) is 9.97 Å². The van der Waals surface area contributed by atoms with Crippen molar-refractivity contribution in [2.45, 2.75) is 0 Å². The van der Waals surface area contributed by atoms with Crippen LogP contribution in [-0.4, -0.2) is 22.5 Å². The Hall–Kier alpha value is -3.97. The maximum absolute atomic E-state index is 13.4. The van der Waals surface area contributed by atoms with Gasteiger partial charge in [-0.05, 0) is 36.4 Å². The molecule has 1 heterocycles. The fourth-order valence-electron chi connectivity index (χ4n) is 2.25. The van der Waals surface area contributed by atoms with Gasteiger partial charge in [0.25, 0.3) is 5.91 Å². The minimum absolute atomic E-state index is 0.0856. The van der Waals surface area contributed by atoms with Gasteiger partial charge in [-0.2, -0.15) is 5.26 Å². The molecule has 0 aliphatic rings. The van der Waals surface area contributed by atoms with Gasteiger partial charge in [-0.1, -0.05) is 5.92 Å². The van der Waals surface area contributed by atoms with E-state index in [0.717, 1.165) is 12.1 Å². The summed E-state index contributed by atoms with van der Waals surface area (Å²) in [7, 11) is 0. The molecule has 0 radical (unpaired) electrons. The number of amides is 1. The number of nitrogens with one attached hydrogen (secondary N) is 1. The first kappa shape index (κ1) is 16.9. The summed E-state index contributed by atoms with van der Waals surface area (Å²) in [6.07, 6.45) is 6.63. The van der Waals surface area contributed by atoms with Gasteiger partial charge in [-0.25, -0.2) is 14.4 Å². The number of hydrogen-bond donors (Lipinski definition) is 1. The molecule has 1 aromatic heterocycles. The van der Waals surface area contributed by atoms with Gasteiger partial charge in [0.15, 0.2) is 0 Å². The van der Waals surface area contributed by atoms with Gasteiger partial charge in [0.05, 0.1) is 17.1 Å². The third-order valence-electron chi connectivity index (χ3n) is 3.36. The van der Waals surface area contributed by atoms with Crippen molar-refractivity contribution in [2.75, 3.05) is 11.9 Å². The average molecular weight is 346 g/mol. The summed E-state index contributed by atoms with van der Waals surface area (Å²) in [5.74, 6) is 1.61. The average Bonchev–Trinajstić information content (AvgIpc) is 2.65. The predicted molar refractivity (Wildman–Crippen MR) is 92.9 cm³/mol. The largest absolute Gasteiger partial charge is 0.481 e. The minimum Gasteiger partial charge on any atom is -0.481 e. The van der Waals surface area contributed by atoms with E-state index in [4.69, 9.17) is 16.4 Å². The summed E-state index contributed by atoms with van der Waals surface area (Å²) in [6, 6.07) is 10.4. The molecule has 0 bridgehead atoms. The molecular weight excluding hydrogens is 335 g/mol. The van der Waals surface area contributed by atoms with Gasteiger partial charge in [-0.15, -0.1) is 6.42 Å². The molecule has 0 spiro atoms. The van der Waals surface area contributed by atoms with Gasteiger partial charge in [0.2, 0.25) is 5.82 Å². The van der Waals surface area contributed by atoms with E-state index >= 15 is 0 Å². The fraction of sp³-hybridized carbons (Fsp3) is 0.0526. The van der Waals surface area contributed by atoms with Gasteiger partial charge >= 0.3 is 0 Å². The highest BCUT2D eigenvalue weighted by Crippen LogP contribution is 2.19. The van der Waals surface area contributed by atoms with Crippen LogP contribution < -0.4 is 10.1 Å². The van der Waals surface area contributed by atoms with E-state index in [1.807, 2.05) is 6.07 Å². The van der Waals surface area contributed by atoms with Crippen molar-refractivity contribution >= 4 is 22.5 Å². The van der Waals surface area contributed by atoms with Gasteiger partial charge in [0, 0.05) is 17.3 Å². The number of carbonyl (C=O) groups excluding carboxylic acids is 1. The SMILES string of the molecule is C#CCOc1ccc2nc(C(=O)Nc3cc(F)cc(C#N)c3)ncc2c1. The third-order valence-corrected chi connectivity index (χ3v) is 3.36. The number of anilines is 1. The number of halogens is 1. The van der Waals surface area contributed by atoms with Crippen LogP contribution in [0.1, 0.15) is 16.2 Å². The molecule has 1 amide bonds. The first-order valence-corrected chi connectivity index (χ1v) is 7.44. The molecule has 2 aromatic carbocycles. The van der Waals surface area contributed by atoms with E-state index in [1.54, 1.807) is 18.2 Å². The second kappa shape index (κ2) is 7.29. The van der Waals surface area contributed by atoms with Crippen molar-refractivity contribution in [3.8, 4) is 24.2 Å². The molecule has 7 heteroatoms. The van der Waals surface area contributed by atoms with Crippen LogP contribution in [0.2, 0.25) is 0 Å². The molecule has 0 saturated carbocycles. The Morgan fingerprint density at radius 3 is 2.92 bits per heavy atom. The lowest BCUT2D eigenvalue weighted by atomic mass is 10.2. The lowest BCUT2D eigenvalue weighted by Gasteiger charge is -2.07. The van der Waals surface area contributed by atoms with Crippen molar-refractivity contribution in [1.29, 1.82) is 5.26 Å². The van der Waals surface area contributed by atoms with Gasteiger partial charge in [-0.3, -0.25) is 4.79 Å². The summed E-state index contributed by atoms with van der Waals surface area (Å²) in [6.45, 7) is 0.144. The molecule has 3 rings (SSSR count). The van der Waals surface area contributed by atoms with Crippen LogP contribution >= 0.6 is 0 Å². The lowest BCUT2D eigenvalue weighted by molar-refractivity contribution is 0.101. The van der Waals surface area contributed by atoms with Crippen LogP contribution in [0.4, 0.5) is 10.1 Å². The van der Waals surface area contributed by atoms with Crippen molar-refractivity contribution in [3.63, 3.8) is 0 Å². The number of aromatic nitrogens is 2. The number of terminal acetylenes is 1. The van der Waals surface area contributed by atoms with Crippen LogP contribution in [0.15, 0.2) is 42.6 Å². The summed E-state index contributed by atoms with van der Waals surface area (Å²) >= 11 is 0. The fourth-order valence-corrected chi connectivity index (χ4v) is 2.25. The molecule has 26 heavy (non-hydrogen) atoms. The second-order valence-electron chi connectivity index (χ2n) is 5.20. The van der Waals surface area contributed by atoms with Gasteiger partial charge in [0.1, 0.15) is 18.2 Å². The third kappa shape index (κ3) is 3.74. The zero-order chi connectivity index (χ0) is 18.5. The predicted octanol–water partition coefficient (Wildman–Crippen LogP) is 2.90. The second-order valence-corrected chi connectivity index (χ2v) is 5.20. The number of fused-ring (bicyclic) bond motifs is 1. The van der Waals surface area contributed by atoms with Crippen molar-refractivity contribution < 1.29 is 13.9 Å². The Kier molecular flexibility index (Phi) is 4.73. The minimum atomic E-state index is -0.627. The zero-order valence-electron chi connectivity index (χ0n) is 13.4. The highest BCUT2D eigenvalue weighted by Gasteiger charge is 2.12. The summed E-state index contributed by atoms with van der Waals surface area (Å²) in [4.78, 5) is 20.5. The van der Waals surface area contributed by atoms with Crippen molar-refractivity contribution in [2.24, 2.45) is 0 Å². The standard InChI is InChI=1S/C19H11FN4O2/c1-2-5-26-16-3-4-17-13(8-16)11-22-18(24-17)19(25)23-15-7-12(10-21)6-14(20)9-15/h1,3-4,6-9,11H,5H2,(H,23,25). The molecule has 0 saturated heterocycles. The molecular formula is C19H11FN4O2. The molecule has 3 aromatic rings. The lowest BCUT2D eigenvalue weighted by Crippen LogP contribution is -2.15. The monoisotopic (exact) mass is 346 g/mol. The smallest absolute Gasteiger partial charge is 0.293 e. The number of rotatable bonds is 4. The number of carbonyl (C=O) groups is 1. The van der Waals surface area contributed by atoms with E-state index in [-0.39, 0.29) is 23.7 Å². The van der Waals surface area contributed by atoms with Crippen LogP contribution in [0.5, 0.6) is 5.75 Å². The van der Waals surface area contributed by atoms with E-state index in [9.17, 15) is 9.18 Å². The van der Waals surface area contributed by atoms with E-state index in [0.29, 0.717) is 16.7 Å². The number of ether oxygens (including phenoxy) is 1. The number of benzene rings is 2. The quantitative estimate of drug-likeness (QED) is 0.734. The Morgan fingerprint density at radius 2 is 2.15 bits per heavy atom. The Labute approximate surface area is 148 Å². The number of hydrogen-bond acceptors (Lipinski definition) is 5. The summed E-state index contributed by atoms with van der Waals surface area (Å²) < 4.78 is 18.8. The van der Waals surface area contributed by atoms with Gasteiger partial charge < -0.3 is 10.1 Å². The van der Waals surface area contributed by atoms with Crippen LogP contribution in [0.25, 0.3) is 10.9 Å². The highest BCUT2D eigenvalue weighted by atomic mass is 19.1. The van der Waals surface area contributed by atoms with E-state index in [2.05, 4.69) is 21.2 Å². The number of nitrogens with zero attached hydrogens (tertiary/aromatic N) is 3. The van der Waals surface area contributed by atoms with E-state index < -0.39 is 11.7 Å². The molecule has 126 valence electrons. The van der Waals surface area contributed by atoms with Crippen LogP contribution in [-0.2, 0) is 0 Å². The molecule has 6 nitrogen and oxygen atoms in total. The summed E-state index contributed by atoms with van der Waals surface area (Å²) in [5, 5.41) is 12.0. The first-order chi connectivity index (χ1) is 12.6. The molecule has 0 fully saturated rings. The Bertz CT molecular complexity index is 1080. The maximum atomic E-state index is 13.4. The van der Waals surface area contributed by atoms with Crippen LogP contribution in [0, 0.1) is 29.5 Å². The zero-order valence-corrected chi connectivity index (χ0v) is 13.4. The molecule has 0 unspecified atom stereocenters. The highest BCUT2D eigenvalue weighted by molar-refractivity contribution is 6.02. The van der Waals surface area contributed by atoms with Crippen molar-refractivity contribution in [3.05, 3.63) is 59.8 Å².